The second-order valence-corrected chi connectivity index (χ2v) is 5.62. The van der Waals surface area contributed by atoms with Gasteiger partial charge in [0.1, 0.15) is 4.99 Å². The maximum absolute atomic E-state index is 5.85. The predicted octanol–water partition coefficient (Wildman–Crippen LogP) is 2.41. The van der Waals surface area contributed by atoms with Crippen LogP contribution in [0.2, 0.25) is 0 Å². The number of hydrogen-bond acceptors (Lipinski definition) is 3. The molecular formula is C15H25N3S. The molecule has 0 aliphatic carbocycles. The Hall–Kier alpha value is -1.13. The summed E-state index contributed by atoms with van der Waals surface area (Å²) in [5.74, 6) is 0. The third-order valence-corrected chi connectivity index (χ3v) is 3.29. The molecule has 0 bridgehead atoms. The highest BCUT2D eigenvalue weighted by atomic mass is 32.1. The van der Waals surface area contributed by atoms with E-state index in [2.05, 4.69) is 49.9 Å². The molecule has 19 heavy (non-hydrogen) atoms. The van der Waals surface area contributed by atoms with E-state index in [1.54, 1.807) is 0 Å². The molecule has 0 fully saturated rings. The van der Waals surface area contributed by atoms with E-state index < -0.39 is 0 Å². The van der Waals surface area contributed by atoms with E-state index in [0.29, 0.717) is 4.99 Å². The molecule has 0 aliphatic rings. The van der Waals surface area contributed by atoms with Gasteiger partial charge in [-0.05, 0) is 45.1 Å². The molecule has 2 N–H and O–H groups in total. The van der Waals surface area contributed by atoms with Crippen LogP contribution in [0, 0.1) is 6.92 Å². The van der Waals surface area contributed by atoms with Crippen molar-refractivity contribution in [3.05, 3.63) is 29.3 Å². The molecule has 4 heteroatoms. The van der Waals surface area contributed by atoms with Gasteiger partial charge in [-0.3, -0.25) is 0 Å². The van der Waals surface area contributed by atoms with Gasteiger partial charge >= 0.3 is 0 Å². The summed E-state index contributed by atoms with van der Waals surface area (Å²) in [6.07, 6.45) is 1.11. The van der Waals surface area contributed by atoms with E-state index in [4.69, 9.17) is 18.0 Å². The predicted molar refractivity (Wildman–Crippen MR) is 88.1 cm³/mol. The lowest BCUT2D eigenvalue weighted by Crippen LogP contribution is -2.33. The van der Waals surface area contributed by atoms with Crippen LogP contribution in [0.15, 0.2) is 18.2 Å². The Kier molecular flexibility index (Phi) is 6.25. The summed E-state index contributed by atoms with van der Waals surface area (Å²) in [5.41, 5.74) is 9.23. The van der Waals surface area contributed by atoms with Gasteiger partial charge in [0.05, 0.1) is 0 Å². The van der Waals surface area contributed by atoms with E-state index in [0.717, 1.165) is 37.3 Å². The van der Waals surface area contributed by atoms with Gasteiger partial charge in [0, 0.05) is 30.9 Å². The Bertz CT molecular complexity index is 429. The lowest BCUT2D eigenvalue weighted by Gasteiger charge is -2.28. The van der Waals surface area contributed by atoms with Crippen molar-refractivity contribution in [1.29, 1.82) is 0 Å². The first-order valence-electron chi connectivity index (χ1n) is 6.75. The highest BCUT2D eigenvalue weighted by Crippen LogP contribution is 2.22. The van der Waals surface area contributed by atoms with Crippen molar-refractivity contribution in [2.45, 2.75) is 20.3 Å². The van der Waals surface area contributed by atoms with Crippen LogP contribution >= 0.6 is 12.2 Å². The molecule has 0 radical (unpaired) electrons. The Morgan fingerprint density at radius 2 is 1.89 bits per heavy atom. The van der Waals surface area contributed by atoms with Crippen LogP contribution in [0.3, 0.4) is 0 Å². The summed E-state index contributed by atoms with van der Waals surface area (Å²) in [6.45, 7) is 7.32. The molecule has 3 nitrogen and oxygen atoms in total. The van der Waals surface area contributed by atoms with Crippen LogP contribution < -0.4 is 10.6 Å². The number of rotatable bonds is 7. The summed E-state index contributed by atoms with van der Waals surface area (Å²) in [4.78, 5) is 5.04. The molecule has 0 aromatic heterocycles. The van der Waals surface area contributed by atoms with Crippen LogP contribution in [0.25, 0.3) is 0 Å². The molecule has 0 atom stereocenters. The molecule has 0 heterocycles. The number of nitrogens with two attached hydrogens (primary N) is 1. The highest BCUT2D eigenvalue weighted by molar-refractivity contribution is 7.80. The van der Waals surface area contributed by atoms with Crippen LogP contribution in [0.5, 0.6) is 0 Å². The zero-order chi connectivity index (χ0) is 14.4. The second kappa shape index (κ2) is 7.46. The van der Waals surface area contributed by atoms with Crippen LogP contribution in [-0.4, -0.2) is 43.6 Å². The number of thiocarbonyl (C=S) groups is 1. The van der Waals surface area contributed by atoms with Crippen molar-refractivity contribution < 1.29 is 0 Å². The Morgan fingerprint density at radius 1 is 1.21 bits per heavy atom. The first-order valence-corrected chi connectivity index (χ1v) is 7.16. The fraction of sp³-hybridized carbons (Fsp3) is 0.533. The van der Waals surface area contributed by atoms with Crippen molar-refractivity contribution >= 4 is 22.9 Å². The van der Waals surface area contributed by atoms with Crippen molar-refractivity contribution in [2.75, 3.05) is 38.6 Å². The molecule has 0 saturated heterocycles. The average Bonchev–Trinajstić information content (AvgIpc) is 2.33. The fourth-order valence-corrected chi connectivity index (χ4v) is 2.23. The summed E-state index contributed by atoms with van der Waals surface area (Å²) in [5, 5.41) is 0. The SMILES string of the molecule is CCCN(CCN(C)C)c1cc(C)ccc1C(N)=S. The third-order valence-electron chi connectivity index (χ3n) is 3.07. The minimum Gasteiger partial charge on any atom is -0.389 e. The monoisotopic (exact) mass is 279 g/mol. The average molecular weight is 279 g/mol. The largest absolute Gasteiger partial charge is 0.389 e. The van der Waals surface area contributed by atoms with Gasteiger partial charge in [-0.15, -0.1) is 0 Å². The Labute approximate surface area is 122 Å². The first kappa shape index (κ1) is 15.9. The van der Waals surface area contributed by atoms with Gasteiger partial charge in [-0.2, -0.15) is 0 Å². The normalized spacial score (nSPS) is 10.8. The van der Waals surface area contributed by atoms with Gasteiger partial charge in [-0.1, -0.05) is 25.2 Å². The van der Waals surface area contributed by atoms with Crippen LogP contribution in [-0.2, 0) is 0 Å². The van der Waals surface area contributed by atoms with E-state index in [1.165, 1.54) is 5.56 Å². The van der Waals surface area contributed by atoms with Crippen molar-refractivity contribution in [2.24, 2.45) is 5.73 Å². The molecule has 106 valence electrons. The number of aryl methyl sites for hydroxylation is 1. The van der Waals surface area contributed by atoms with Crippen LogP contribution in [0.1, 0.15) is 24.5 Å². The summed E-state index contributed by atoms with van der Waals surface area (Å²) in [7, 11) is 4.18. The number of benzene rings is 1. The molecule has 1 rings (SSSR count). The van der Waals surface area contributed by atoms with Crippen molar-refractivity contribution in [3.63, 3.8) is 0 Å². The fourth-order valence-electron chi connectivity index (χ4n) is 2.06. The topological polar surface area (TPSA) is 32.5 Å². The van der Waals surface area contributed by atoms with E-state index >= 15 is 0 Å². The van der Waals surface area contributed by atoms with E-state index in [1.807, 2.05) is 6.07 Å². The van der Waals surface area contributed by atoms with Crippen molar-refractivity contribution in [1.82, 2.24) is 4.90 Å². The Balaban J connectivity index is 3.05. The van der Waals surface area contributed by atoms with Gasteiger partial charge in [0.2, 0.25) is 0 Å². The maximum Gasteiger partial charge on any atom is 0.106 e. The summed E-state index contributed by atoms with van der Waals surface area (Å²) >= 11 is 5.17. The third kappa shape index (κ3) is 4.80. The highest BCUT2D eigenvalue weighted by Gasteiger charge is 2.12. The van der Waals surface area contributed by atoms with E-state index in [9.17, 15) is 0 Å². The van der Waals surface area contributed by atoms with Gasteiger partial charge < -0.3 is 15.5 Å². The van der Waals surface area contributed by atoms with Crippen LogP contribution in [0.4, 0.5) is 5.69 Å². The molecule has 0 aliphatic heterocycles. The molecule has 1 aromatic carbocycles. The van der Waals surface area contributed by atoms with Gasteiger partial charge in [0.15, 0.2) is 0 Å². The smallest absolute Gasteiger partial charge is 0.106 e. The summed E-state index contributed by atoms with van der Waals surface area (Å²) in [6, 6.07) is 6.28. The molecule has 1 aromatic rings. The lowest BCUT2D eigenvalue weighted by molar-refractivity contribution is 0.413. The zero-order valence-electron chi connectivity index (χ0n) is 12.4. The minimum atomic E-state index is 0.473. The summed E-state index contributed by atoms with van der Waals surface area (Å²) < 4.78 is 0. The molecule has 0 saturated carbocycles. The quantitative estimate of drug-likeness (QED) is 0.777. The zero-order valence-corrected chi connectivity index (χ0v) is 13.3. The van der Waals surface area contributed by atoms with Gasteiger partial charge in [0.25, 0.3) is 0 Å². The molecule has 0 unspecified atom stereocenters. The minimum absolute atomic E-state index is 0.473. The second-order valence-electron chi connectivity index (χ2n) is 5.18. The maximum atomic E-state index is 5.85. The Morgan fingerprint density at radius 3 is 2.42 bits per heavy atom. The number of nitrogens with zero attached hydrogens (tertiary/aromatic N) is 2. The lowest BCUT2D eigenvalue weighted by atomic mass is 10.1. The number of likely N-dealkylation sites (N-methyl/N-ethyl adjacent to an activating group) is 1. The number of hydrogen-bond donors (Lipinski definition) is 1. The molecule has 0 spiro atoms. The van der Waals surface area contributed by atoms with Gasteiger partial charge in [-0.25, -0.2) is 0 Å². The van der Waals surface area contributed by atoms with Crippen molar-refractivity contribution in [3.8, 4) is 0 Å². The standard InChI is InChI=1S/C15H25N3S/c1-5-8-18(10-9-17(3)4)14-11-12(2)6-7-13(14)15(16)19/h6-7,11H,5,8-10H2,1-4H3,(H2,16,19). The molecular weight excluding hydrogens is 254 g/mol. The van der Waals surface area contributed by atoms with E-state index in [-0.39, 0.29) is 0 Å². The molecule has 0 amide bonds. The number of anilines is 1. The first-order chi connectivity index (χ1) is 8.95.